The monoisotopic (exact) mass is 295 g/mol. The van der Waals surface area contributed by atoms with Crippen LogP contribution >= 0.6 is 11.6 Å². The number of hydrogen-bond acceptors (Lipinski definition) is 4. The first-order chi connectivity index (χ1) is 9.58. The number of carbonyl (C=O) groups is 1. The van der Waals surface area contributed by atoms with Gasteiger partial charge in [-0.15, -0.1) is 0 Å². The molecule has 108 valence electrons. The topological polar surface area (TPSA) is 74.2 Å². The Morgan fingerprint density at radius 2 is 2.30 bits per heavy atom. The van der Waals surface area contributed by atoms with Gasteiger partial charge in [0.25, 0.3) is 0 Å². The van der Waals surface area contributed by atoms with Crippen LogP contribution in [-0.2, 0) is 9.53 Å². The van der Waals surface area contributed by atoms with E-state index in [2.05, 4.69) is 16.7 Å². The minimum absolute atomic E-state index is 0.134. The number of nitriles is 1. The maximum Gasteiger partial charge on any atom is 0.242 e. The molecule has 6 heteroatoms. The van der Waals surface area contributed by atoms with Gasteiger partial charge in [0.1, 0.15) is 12.1 Å². The van der Waals surface area contributed by atoms with E-state index in [0.29, 0.717) is 29.4 Å². The summed E-state index contributed by atoms with van der Waals surface area (Å²) >= 11 is 5.89. The molecule has 1 atom stereocenters. The summed E-state index contributed by atoms with van der Waals surface area (Å²) in [6, 6.07) is 6.49. The van der Waals surface area contributed by atoms with Crippen molar-refractivity contribution >= 4 is 23.2 Å². The average molecular weight is 296 g/mol. The van der Waals surface area contributed by atoms with E-state index in [4.69, 9.17) is 21.6 Å². The lowest BCUT2D eigenvalue weighted by molar-refractivity contribution is -0.121. The van der Waals surface area contributed by atoms with Crippen LogP contribution in [0.25, 0.3) is 0 Å². The zero-order valence-electron chi connectivity index (χ0n) is 11.6. The van der Waals surface area contributed by atoms with Crippen molar-refractivity contribution in [1.29, 1.82) is 5.26 Å². The van der Waals surface area contributed by atoms with Crippen LogP contribution in [0.4, 0.5) is 5.69 Å². The molecule has 0 aliphatic heterocycles. The molecule has 0 bridgehead atoms. The zero-order valence-corrected chi connectivity index (χ0v) is 12.3. The summed E-state index contributed by atoms with van der Waals surface area (Å²) in [5, 5.41) is 15.3. The van der Waals surface area contributed by atoms with Crippen LogP contribution in [0.3, 0.4) is 0 Å². The van der Waals surface area contributed by atoms with Gasteiger partial charge in [-0.1, -0.05) is 11.6 Å². The third-order valence-electron chi connectivity index (χ3n) is 2.69. The molecule has 0 saturated heterocycles. The minimum atomic E-state index is -0.455. The second-order valence-corrected chi connectivity index (χ2v) is 4.74. The lowest BCUT2D eigenvalue weighted by Gasteiger charge is -2.16. The van der Waals surface area contributed by atoms with Gasteiger partial charge in [-0.3, -0.25) is 4.79 Å². The van der Waals surface area contributed by atoms with Crippen molar-refractivity contribution in [3.8, 4) is 6.07 Å². The summed E-state index contributed by atoms with van der Waals surface area (Å²) in [5.41, 5.74) is 1.01. The van der Waals surface area contributed by atoms with Crippen LogP contribution in [-0.4, -0.2) is 32.2 Å². The molecule has 1 amide bonds. The van der Waals surface area contributed by atoms with Crippen molar-refractivity contribution in [3.63, 3.8) is 0 Å². The Hall–Kier alpha value is -1.77. The highest BCUT2D eigenvalue weighted by Crippen LogP contribution is 2.21. The molecule has 2 N–H and O–H groups in total. The van der Waals surface area contributed by atoms with E-state index in [1.54, 1.807) is 32.2 Å². The van der Waals surface area contributed by atoms with Gasteiger partial charge in [-0.05, 0) is 31.5 Å². The van der Waals surface area contributed by atoms with Crippen molar-refractivity contribution in [3.05, 3.63) is 28.8 Å². The van der Waals surface area contributed by atoms with Crippen molar-refractivity contribution < 1.29 is 9.53 Å². The number of nitrogens with zero attached hydrogens (tertiary/aromatic N) is 1. The molecule has 0 saturated carbocycles. The van der Waals surface area contributed by atoms with Crippen LogP contribution in [0, 0.1) is 11.3 Å². The minimum Gasteiger partial charge on any atom is -0.385 e. The molecular weight excluding hydrogens is 278 g/mol. The molecule has 20 heavy (non-hydrogen) atoms. The molecule has 0 aliphatic carbocycles. The molecule has 0 heterocycles. The van der Waals surface area contributed by atoms with E-state index in [1.807, 2.05) is 0 Å². The van der Waals surface area contributed by atoms with Gasteiger partial charge in [-0.2, -0.15) is 5.26 Å². The Morgan fingerprint density at radius 3 is 2.95 bits per heavy atom. The first-order valence-electron chi connectivity index (χ1n) is 6.31. The molecule has 1 aromatic carbocycles. The number of halogens is 1. The predicted molar refractivity (Wildman–Crippen MR) is 78.8 cm³/mol. The normalized spacial score (nSPS) is 11.5. The van der Waals surface area contributed by atoms with E-state index >= 15 is 0 Å². The third kappa shape index (κ3) is 5.08. The van der Waals surface area contributed by atoms with Gasteiger partial charge in [-0.25, -0.2) is 0 Å². The standard InChI is InChI=1S/C14H18ClN3O2/c1-10(14(19)17-6-3-7-20-2)18-13-8-12(15)5-4-11(13)9-16/h4-5,8,10,18H,3,6-7H2,1-2H3,(H,17,19). The predicted octanol–water partition coefficient (Wildman–Crippen LogP) is 2.16. The second kappa shape index (κ2) is 8.41. The quantitative estimate of drug-likeness (QED) is 0.756. The molecule has 0 radical (unpaired) electrons. The second-order valence-electron chi connectivity index (χ2n) is 4.31. The summed E-state index contributed by atoms with van der Waals surface area (Å²) in [4.78, 5) is 11.9. The zero-order chi connectivity index (χ0) is 15.0. The molecule has 5 nitrogen and oxygen atoms in total. The molecule has 0 fully saturated rings. The van der Waals surface area contributed by atoms with E-state index < -0.39 is 6.04 Å². The molecule has 1 unspecified atom stereocenters. The highest BCUT2D eigenvalue weighted by atomic mass is 35.5. The molecule has 1 aromatic rings. The van der Waals surface area contributed by atoms with Crippen LogP contribution in [0.1, 0.15) is 18.9 Å². The summed E-state index contributed by atoms with van der Waals surface area (Å²) in [6.45, 7) is 2.89. The van der Waals surface area contributed by atoms with Crippen molar-refractivity contribution in [1.82, 2.24) is 5.32 Å². The first-order valence-corrected chi connectivity index (χ1v) is 6.69. The summed E-state index contributed by atoms with van der Waals surface area (Å²) in [7, 11) is 1.62. The fourth-order valence-electron chi connectivity index (χ4n) is 1.61. The summed E-state index contributed by atoms with van der Waals surface area (Å²) in [6.07, 6.45) is 0.759. The van der Waals surface area contributed by atoms with Crippen molar-refractivity contribution in [2.45, 2.75) is 19.4 Å². The summed E-state index contributed by atoms with van der Waals surface area (Å²) < 4.78 is 4.91. The number of ether oxygens (including phenoxy) is 1. The van der Waals surface area contributed by atoms with Gasteiger partial charge in [0, 0.05) is 25.3 Å². The van der Waals surface area contributed by atoms with Gasteiger partial charge in [0.15, 0.2) is 0 Å². The Kier molecular flexibility index (Phi) is 6.85. The number of nitrogens with one attached hydrogen (secondary N) is 2. The first kappa shape index (κ1) is 16.3. The third-order valence-corrected chi connectivity index (χ3v) is 2.93. The van der Waals surface area contributed by atoms with Gasteiger partial charge in [0.2, 0.25) is 5.91 Å². The lowest BCUT2D eigenvalue weighted by Crippen LogP contribution is -2.38. The maximum absolute atomic E-state index is 11.9. The smallest absolute Gasteiger partial charge is 0.242 e. The highest BCUT2D eigenvalue weighted by Gasteiger charge is 2.14. The van der Waals surface area contributed by atoms with E-state index in [-0.39, 0.29) is 5.91 Å². The molecule has 1 rings (SSSR count). The number of methoxy groups -OCH3 is 1. The van der Waals surface area contributed by atoms with Crippen LogP contribution < -0.4 is 10.6 Å². The Morgan fingerprint density at radius 1 is 1.55 bits per heavy atom. The van der Waals surface area contributed by atoms with Crippen LogP contribution in [0.2, 0.25) is 5.02 Å². The Bertz CT molecular complexity index is 500. The Balaban J connectivity index is 2.57. The van der Waals surface area contributed by atoms with Crippen LogP contribution in [0.5, 0.6) is 0 Å². The Labute approximate surface area is 123 Å². The fourth-order valence-corrected chi connectivity index (χ4v) is 1.79. The fraction of sp³-hybridized carbons (Fsp3) is 0.429. The number of carbonyl (C=O) groups excluding carboxylic acids is 1. The van der Waals surface area contributed by atoms with Gasteiger partial charge in [0.05, 0.1) is 11.3 Å². The largest absolute Gasteiger partial charge is 0.385 e. The molecular formula is C14H18ClN3O2. The van der Waals surface area contributed by atoms with Gasteiger partial charge >= 0.3 is 0 Å². The number of anilines is 1. The highest BCUT2D eigenvalue weighted by molar-refractivity contribution is 6.30. The van der Waals surface area contributed by atoms with Crippen LogP contribution in [0.15, 0.2) is 18.2 Å². The number of amides is 1. The number of benzene rings is 1. The average Bonchev–Trinajstić information content (AvgIpc) is 2.43. The lowest BCUT2D eigenvalue weighted by atomic mass is 10.1. The molecule has 0 aliphatic rings. The van der Waals surface area contributed by atoms with E-state index in [9.17, 15) is 4.79 Å². The number of hydrogen-bond donors (Lipinski definition) is 2. The molecule has 0 spiro atoms. The SMILES string of the molecule is COCCCNC(=O)C(C)Nc1cc(Cl)ccc1C#N. The van der Waals surface area contributed by atoms with Crippen molar-refractivity contribution in [2.24, 2.45) is 0 Å². The van der Waals surface area contributed by atoms with E-state index in [1.165, 1.54) is 0 Å². The van der Waals surface area contributed by atoms with Gasteiger partial charge < -0.3 is 15.4 Å². The van der Waals surface area contributed by atoms with Crippen molar-refractivity contribution in [2.75, 3.05) is 25.6 Å². The van der Waals surface area contributed by atoms with E-state index in [0.717, 1.165) is 6.42 Å². The molecule has 0 aromatic heterocycles. The summed E-state index contributed by atoms with van der Waals surface area (Å²) in [5.74, 6) is -0.134. The maximum atomic E-state index is 11.9. The number of rotatable bonds is 7.